The Bertz CT molecular complexity index is 432. The molecule has 0 saturated heterocycles. The van der Waals surface area contributed by atoms with E-state index in [9.17, 15) is 9.59 Å². The van der Waals surface area contributed by atoms with Crippen molar-refractivity contribution < 1.29 is 14.3 Å². The predicted octanol–water partition coefficient (Wildman–Crippen LogP) is 0.365. The van der Waals surface area contributed by atoms with Gasteiger partial charge < -0.3 is 15.8 Å². The Balaban J connectivity index is 2.81. The first kappa shape index (κ1) is 14.2. The van der Waals surface area contributed by atoms with Gasteiger partial charge in [0.1, 0.15) is 6.04 Å². The molecule has 0 aliphatic heterocycles. The lowest BCUT2D eigenvalue weighted by atomic mass is 10.0. The number of hydrogen-bond donors (Lipinski definition) is 2. The Morgan fingerprint density at radius 3 is 2.61 bits per heavy atom. The molecule has 0 heterocycles. The van der Waals surface area contributed by atoms with Gasteiger partial charge in [0.2, 0.25) is 5.91 Å². The van der Waals surface area contributed by atoms with Crippen molar-refractivity contribution in [3.05, 3.63) is 35.4 Å². The Morgan fingerprint density at radius 1 is 1.39 bits per heavy atom. The third kappa shape index (κ3) is 4.18. The zero-order valence-electron chi connectivity index (χ0n) is 10.6. The molecule has 5 nitrogen and oxygen atoms in total. The second-order valence-electron chi connectivity index (χ2n) is 4.00. The number of hydrogen-bond acceptors (Lipinski definition) is 4. The number of benzene rings is 1. The summed E-state index contributed by atoms with van der Waals surface area (Å²) in [5.41, 5.74) is 7.47. The van der Waals surface area contributed by atoms with E-state index in [1.54, 1.807) is 0 Å². The van der Waals surface area contributed by atoms with Gasteiger partial charge in [0.15, 0.2) is 0 Å². The monoisotopic (exact) mass is 250 g/mol. The van der Waals surface area contributed by atoms with Crippen LogP contribution in [0.1, 0.15) is 18.1 Å². The van der Waals surface area contributed by atoms with E-state index in [1.807, 2.05) is 24.3 Å². The Morgan fingerprint density at radius 2 is 2.06 bits per heavy atom. The third-order valence-electron chi connectivity index (χ3n) is 2.53. The molecule has 0 aliphatic carbocycles. The highest BCUT2D eigenvalue weighted by molar-refractivity contribution is 5.83. The van der Waals surface area contributed by atoms with Crippen LogP contribution in [0.15, 0.2) is 24.3 Å². The van der Waals surface area contributed by atoms with Crippen LogP contribution in [0, 0.1) is 0 Å². The molecule has 1 aromatic carbocycles. The van der Waals surface area contributed by atoms with Gasteiger partial charge in [-0.2, -0.15) is 0 Å². The van der Waals surface area contributed by atoms with Crippen molar-refractivity contribution in [2.24, 2.45) is 5.73 Å². The van der Waals surface area contributed by atoms with E-state index < -0.39 is 12.0 Å². The summed E-state index contributed by atoms with van der Waals surface area (Å²) in [5, 5.41) is 2.57. The first-order chi connectivity index (χ1) is 8.56. The summed E-state index contributed by atoms with van der Waals surface area (Å²) in [4.78, 5) is 22.6. The van der Waals surface area contributed by atoms with Crippen molar-refractivity contribution in [3.8, 4) is 0 Å². The number of methoxy groups -OCH3 is 1. The molecule has 1 atom stereocenters. The quantitative estimate of drug-likeness (QED) is 0.740. The van der Waals surface area contributed by atoms with E-state index >= 15 is 0 Å². The van der Waals surface area contributed by atoms with Crippen molar-refractivity contribution >= 4 is 11.9 Å². The number of carbonyl (C=O) groups is 2. The maximum atomic E-state index is 11.5. The normalized spacial score (nSPS) is 11.7. The van der Waals surface area contributed by atoms with Crippen LogP contribution in [0.3, 0.4) is 0 Å². The number of esters is 1. The van der Waals surface area contributed by atoms with Crippen LogP contribution in [0.25, 0.3) is 0 Å². The van der Waals surface area contributed by atoms with Crippen LogP contribution in [0.5, 0.6) is 0 Å². The smallest absolute Gasteiger partial charge is 0.328 e. The van der Waals surface area contributed by atoms with Gasteiger partial charge >= 0.3 is 5.97 Å². The number of nitrogens with two attached hydrogens (primary N) is 1. The van der Waals surface area contributed by atoms with Crippen LogP contribution in [0.2, 0.25) is 0 Å². The van der Waals surface area contributed by atoms with Gasteiger partial charge in [0.05, 0.1) is 7.11 Å². The molecule has 0 unspecified atom stereocenters. The molecule has 0 aliphatic rings. The molecule has 0 aromatic heterocycles. The van der Waals surface area contributed by atoms with Crippen LogP contribution in [0.4, 0.5) is 0 Å². The average molecular weight is 250 g/mol. The predicted molar refractivity (Wildman–Crippen MR) is 67.7 cm³/mol. The lowest BCUT2D eigenvalue weighted by Gasteiger charge is -2.15. The zero-order valence-corrected chi connectivity index (χ0v) is 10.6. The lowest BCUT2D eigenvalue weighted by molar-refractivity contribution is -0.144. The first-order valence-corrected chi connectivity index (χ1v) is 5.69. The van der Waals surface area contributed by atoms with Gasteiger partial charge in [-0.1, -0.05) is 24.3 Å². The van der Waals surface area contributed by atoms with E-state index in [1.165, 1.54) is 14.0 Å². The highest BCUT2D eigenvalue weighted by Gasteiger charge is 2.20. The molecule has 0 bridgehead atoms. The van der Waals surface area contributed by atoms with Crippen molar-refractivity contribution in [3.63, 3.8) is 0 Å². The number of nitrogens with one attached hydrogen (secondary N) is 1. The van der Waals surface area contributed by atoms with Gasteiger partial charge in [-0.3, -0.25) is 4.79 Å². The average Bonchev–Trinajstić information content (AvgIpc) is 2.36. The topological polar surface area (TPSA) is 81.4 Å². The molecule has 1 amide bonds. The highest BCUT2D eigenvalue weighted by atomic mass is 16.5. The molecule has 0 saturated carbocycles. The fourth-order valence-electron chi connectivity index (χ4n) is 1.70. The molecule has 1 aromatic rings. The molecule has 98 valence electrons. The number of carbonyl (C=O) groups excluding carboxylic acids is 2. The molecule has 0 fully saturated rings. The maximum Gasteiger partial charge on any atom is 0.328 e. The van der Waals surface area contributed by atoms with Gasteiger partial charge in [-0.15, -0.1) is 0 Å². The minimum absolute atomic E-state index is 0.264. The van der Waals surface area contributed by atoms with Crippen molar-refractivity contribution in [1.82, 2.24) is 5.32 Å². The van der Waals surface area contributed by atoms with Gasteiger partial charge in [-0.05, 0) is 11.1 Å². The fraction of sp³-hybridized carbons (Fsp3) is 0.385. The Hall–Kier alpha value is -1.88. The van der Waals surface area contributed by atoms with Crippen molar-refractivity contribution in [2.45, 2.75) is 25.9 Å². The fourth-order valence-corrected chi connectivity index (χ4v) is 1.70. The molecular formula is C13H18N2O3. The summed E-state index contributed by atoms with van der Waals surface area (Å²) in [5.74, 6) is -0.719. The second kappa shape index (κ2) is 6.76. The maximum absolute atomic E-state index is 11.5. The zero-order chi connectivity index (χ0) is 13.5. The number of ether oxygens (including phenoxy) is 1. The SMILES string of the molecule is COC(=O)[C@@H](Cc1cccc(CN)c1)NC(C)=O. The number of rotatable bonds is 5. The summed E-state index contributed by atoms with van der Waals surface area (Å²) >= 11 is 0. The Kier molecular flexibility index (Phi) is 5.32. The molecule has 0 radical (unpaired) electrons. The summed E-state index contributed by atoms with van der Waals surface area (Å²) in [6, 6.07) is 6.92. The third-order valence-corrected chi connectivity index (χ3v) is 2.53. The molecule has 1 rings (SSSR count). The second-order valence-corrected chi connectivity index (χ2v) is 4.00. The molecule has 5 heteroatoms. The molecule has 3 N–H and O–H groups in total. The van der Waals surface area contributed by atoms with Crippen molar-refractivity contribution in [1.29, 1.82) is 0 Å². The molecule has 18 heavy (non-hydrogen) atoms. The van der Waals surface area contributed by atoms with Gasteiger partial charge in [-0.25, -0.2) is 4.79 Å². The number of amides is 1. The minimum Gasteiger partial charge on any atom is -0.467 e. The summed E-state index contributed by atoms with van der Waals surface area (Å²) in [6.07, 6.45) is 0.389. The van der Waals surface area contributed by atoms with E-state index in [2.05, 4.69) is 10.1 Å². The molecular weight excluding hydrogens is 232 g/mol. The van der Waals surface area contributed by atoms with E-state index in [0.717, 1.165) is 11.1 Å². The summed E-state index contributed by atoms with van der Waals surface area (Å²) < 4.78 is 4.66. The van der Waals surface area contributed by atoms with Crippen LogP contribution < -0.4 is 11.1 Å². The van der Waals surface area contributed by atoms with Crippen LogP contribution in [-0.2, 0) is 27.3 Å². The van der Waals surface area contributed by atoms with E-state index in [-0.39, 0.29) is 5.91 Å². The van der Waals surface area contributed by atoms with Gasteiger partial charge in [0, 0.05) is 19.9 Å². The Labute approximate surface area is 106 Å². The van der Waals surface area contributed by atoms with Crippen LogP contribution in [-0.4, -0.2) is 25.0 Å². The largest absolute Gasteiger partial charge is 0.467 e. The molecule has 0 spiro atoms. The van der Waals surface area contributed by atoms with Gasteiger partial charge in [0.25, 0.3) is 0 Å². The van der Waals surface area contributed by atoms with E-state index in [0.29, 0.717) is 13.0 Å². The minimum atomic E-state index is -0.666. The summed E-state index contributed by atoms with van der Waals surface area (Å²) in [7, 11) is 1.30. The summed E-state index contributed by atoms with van der Waals surface area (Å²) in [6.45, 7) is 1.81. The highest BCUT2D eigenvalue weighted by Crippen LogP contribution is 2.08. The van der Waals surface area contributed by atoms with Crippen LogP contribution >= 0.6 is 0 Å². The lowest BCUT2D eigenvalue weighted by Crippen LogP contribution is -2.42. The van der Waals surface area contributed by atoms with E-state index in [4.69, 9.17) is 5.73 Å². The first-order valence-electron chi connectivity index (χ1n) is 5.69. The van der Waals surface area contributed by atoms with Crippen molar-refractivity contribution in [2.75, 3.05) is 7.11 Å². The standard InChI is InChI=1S/C13H18N2O3/c1-9(16)15-12(13(17)18-2)7-10-4-3-5-11(6-10)8-14/h3-6,12H,7-8,14H2,1-2H3,(H,15,16)/t12-/m1/s1.